The number of Topliss-reactive ketones (excluding diaryl/α,β-unsaturated/α-hetero) is 1. The van der Waals surface area contributed by atoms with Gasteiger partial charge in [0, 0.05) is 67.3 Å². The zero-order chi connectivity index (χ0) is 48.0. The average Bonchev–Trinajstić information content (AvgIpc) is 3.99. The van der Waals surface area contributed by atoms with Gasteiger partial charge in [0.25, 0.3) is 0 Å². The molecule has 0 aliphatic carbocycles. The number of hydrogen-bond acceptors (Lipinski definition) is 7. The number of aromatic nitrogens is 6. The summed E-state index contributed by atoms with van der Waals surface area (Å²) in [5.41, 5.74) is 13.8. The molecular formula is C60H56N8O2. The number of para-hydroxylation sites is 4. The number of hydrogen-bond donors (Lipinski definition) is 0. The molecule has 70 heavy (non-hydrogen) atoms. The molecule has 10 aromatic rings. The molecule has 0 radical (unpaired) electrons. The minimum absolute atomic E-state index is 0.0421. The van der Waals surface area contributed by atoms with E-state index in [-0.39, 0.29) is 11.2 Å². The Hall–Kier alpha value is -8.37. The van der Waals surface area contributed by atoms with Crippen molar-refractivity contribution in [3.05, 3.63) is 200 Å². The van der Waals surface area contributed by atoms with Gasteiger partial charge in [-0.05, 0) is 134 Å². The topological polar surface area (TPSA) is 94.4 Å². The van der Waals surface area contributed by atoms with Gasteiger partial charge in [0.15, 0.2) is 12.3 Å². The number of ketones is 1. The van der Waals surface area contributed by atoms with E-state index in [0.717, 1.165) is 103 Å². The molecule has 0 aliphatic heterocycles. The van der Waals surface area contributed by atoms with Crippen molar-refractivity contribution in [3.8, 4) is 28.0 Å². The highest BCUT2D eigenvalue weighted by Crippen LogP contribution is 2.43. The van der Waals surface area contributed by atoms with E-state index in [1.807, 2.05) is 58.1 Å². The quantitative estimate of drug-likeness (QED) is 0.0506. The molecule has 2 heterocycles. The van der Waals surface area contributed by atoms with E-state index in [9.17, 15) is 4.79 Å². The van der Waals surface area contributed by atoms with Crippen LogP contribution < -0.4 is 24.4 Å². The molecule has 0 amide bonds. The van der Waals surface area contributed by atoms with Gasteiger partial charge in [-0.15, -0.1) is 0 Å². The van der Waals surface area contributed by atoms with Crippen LogP contribution in [0.3, 0.4) is 0 Å². The second kappa shape index (κ2) is 20.1. The van der Waals surface area contributed by atoms with Gasteiger partial charge in [0.05, 0.1) is 13.2 Å². The van der Waals surface area contributed by atoms with Gasteiger partial charge in [0.2, 0.25) is 0 Å². The molecule has 10 rings (SSSR count). The number of nitrogens with zero attached hydrogens (tertiary/aromatic N) is 8. The summed E-state index contributed by atoms with van der Waals surface area (Å²) >= 11 is 0. The summed E-state index contributed by atoms with van der Waals surface area (Å²) in [5.74, 6) is 0.803. The first kappa shape index (κ1) is 45.4. The second-order valence-corrected chi connectivity index (χ2v) is 18.8. The van der Waals surface area contributed by atoms with Crippen molar-refractivity contribution in [3.63, 3.8) is 0 Å². The Morgan fingerprint density at radius 3 is 1.44 bits per heavy atom. The van der Waals surface area contributed by atoms with Gasteiger partial charge >= 0.3 is 0 Å². The Bertz CT molecular complexity index is 3070. The fourth-order valence-corrected chi connectivity index (χ4v) is 9.00. The van der Waals surface area contributed by atoms with Crippen LogP contribution in [0, 0.1) is 5.41 Å². The molecule has 348 valence electrons. The third-order valence-electron chi connectivity index (χ3n) is 12.3. The number of fused-ring (bicyclic) bond motifs is 2. The Kier molecular flexibility index (Phi) is 13.0. The first-order valence-corrected chi connectivity index (χ1v) is 24.1. The van der Waals surface area contributed by atoms with Crippen LogP contribution in [0.4, 0.5) is 34.1 Å². The molecule has 0 spiro atoms. The lowest BCUT2D eigenvalue weighted by molar-refractivity contribution is -0.813. The van der Waals surface area contributed by atoms with Gasteiger partial charge in [0.1, 0.15) is 16.8 Å². The van der Waals surface area contributed by atoms with Crippen LogP contribution in [0.1, 0.15) is 57.3 Å². The van der Waals surface area contributed by atoms with E-state index >= 15 is 0 Å². The third-order valence-corrected chi connectivity index (χ3v) is 12.3. The van der Waals surface area contributed by atoms with Crippen LogP contribution in [-0.4, -0.2) is 32.5 Å². The summed E-state index contributed by atoms with van der Waals surface area (Å²) in [4.78, 5) is 20.0. The monoisotopic (exact) mass is 920 g/mol. The maximum atomic E-state index is 11.7. The molecule has 0 aliphatic rings. The van der Waals surface area contributed by atoms with Gasteiger partial charge in [-0.25, -0.2) is 0 Å². The van der Waals surface area contributed by atoms with Crippen LogP contribution in [0.15, 0.2) is 194 Å². The maximum Gasteiger partial charge on any atom is 0.167 e. The Balaban J connectivity index is 1.06. The van der Waals surface area contributed by atoms with E-state index in [4.69, 9.17) is 25.1 Å². The molecule has 8 aromatic carbocycles. The normalized spacial score (nSPS) is 11.5. The van der Waals surface area contributed by atoms with Gasteiger partial charge < -0.3 is 14.5 Å². The standard InChI is InChI=1S/C60H56N8O2/c1-43(69)44-32-38-53(39-33-44)70-41-19-9-18-40-65-61-56-54(45-28-34-51(35-29-45)67(47-20-10-5-11-21-47)48-22-12-6-13-23-48)58-59(64-66(63-58)42-60(2,3)4)55(57(56)62-65)46-30-36-52(37-31-46)68(49-24-14-7-15-25-49)50-26-16-8-17-27-50/h5-8,10-17,20-39H,9,18-19,40-42H2,1-4H3. The van der Waals surface area contributed by atoms with E-state index in [1.54, 1.807) is 6.92 Å². The molecule has 2 aromatic heterocycles. The number of ether oxygens (including phenoxy) is 1. The number of unbranched alkanes of at least 4 members (excludes halogenated alkanes) is 2. The lowest BCUT2D eigenvalue weighted by Crippen LogP contribution is -2.45. The van der Waals surface area contributed by atoms with Crippen molar-refractivity contribution in [2.75, 3.05) is 16.4 Å². The van der Waals surface area contributed by atoms with Crippen molar-refractivity contribution in [1.82, 2.24) is 25.2 Å². The Labute approximate surface area is 409 Å². The number of carbonyl (C=O) groups is 1. The van der Waals surface area contributed by atoms with Crippen LogP contribution >= 0.6 is 0 Å². The molecule has 10 heteroatoms. The van der Waals surface area contributed by atoms with Crippen LogP contribution in [-0.2, 0) is 13.1 Å². The molecule has 0 saturated carbocycles. The van der Waals surface area contributed by atoms with Crippen LogP contribution in [0.25, 0.3) is 44.3 Å². The summed E-state index contributed by atoms with van der Waals surface area (Å²) in [5, 5.41) is 21.3. The molecule has 0 atom stereocenters. The smallest absolute Gasteiger partial charge is 0.167 e. The summed E-state index contributed by atoms with van der Waals surface area (Å²) in [6.07, 6.45) is 2.65. The first-order chi connectivity index (χ1) is 34.2. The highest BCUT2D eigenvalue weighted by Gasteiger charge is 2.25. The van der Waals surface area contributed by atoms with E-state index in [0.29, 0.717) is 25.3 Å². The minimum atomic E-state index is -0.0746. The van der Waals surface area contributed by atoms with Gasteiger partial charge in [-0.3, -0.25) is 4.79 Å². The van der Waals surface area contributed by atoms with E-state index in [2.05, 4.69) is 176 Å². The number of carbonyl (C=O) groups excluding carboxylic acids is 1. The fraction of sp³-hybridized carbons (Fsp3) is 0.183. The Morgan fingerprint density at radius 2 is 0.986 bits per heavy atom. The summed E-state index contributed by atoms with van der Waals surface area (Å²) < 4.78 is 6.02. The van der Waals surface area contributed by atoms with Crippen LogP contribution in [0.5, 0.6) is 5.75 Å². The lowest BCUT2D eigenvalue weighted by atomic mass is 9.95. The lowest BCUT2D eigenvalue weighted by Gasteiger charge is -2.25. The zero-order valence-electron chi connectivity index (χ0n) is 40.1. The van der Waals surface area contributed by atoms with Crippen molar-refractivity contribution < 1.29 is 14.3 Å². The van der Waals surface area contributed by atoms with Gasteiger partial charge in [-0.2, -0.15) is 30.0 Å². The highest BCUT2D eigenvalue weighted by atomic mass is 16.5. The summed E-state index contributed by atoms with van der Waals surface area (Å²) in [7, 11) is 0. The number of benzene rings is 8. The van der Waals surface area contributed by atoms with Crippen molar-refractivity contribution in [2.45, 2.75) is 60.0 Å². The van der Waals surface area contributed by atoms with Gasteiger partial charge in [-0.1, -0.05) is 118 Å². The van der Waals surface area contributed by atoms with E-state index in [1.165, 1.54) is 0 Å². The fourth-order valence-electron chi connectivity index (χ4n) is 9.00. The SMILES string of the molecule is CC(=O)c1ccc(OCCCCCn2nc3c(-c4ccc(N(c5ccccc5)c5ccccc5)cc4)c4n[n+](CC(C)(C)C)[n-]c4c(-c4ccc(N(c5ccccc5)c5ccccc5)cc4)c3n2)cc1. The zero-order valence-corrected chi connectivity index (χ0v) is 40.1. The highest BCUT2D eigenvalue weighted by molar-refractivity contribution is 6.16. The molecular weight excluding hydrogens is 865 g/mol. The third kappa shape index (κ3) is 9.94. The van der Waals surface area contributed by atoms with Crippen molar-refractivity contribution >= 4 is 62.0 Å². The molecule has 0 bridgehead atoms. The summed E-state index contributed by atoms with van der Waals surface area (Å²) in [6.45, 7) is 10.0. The Morgan fingerprint density at radius 1 is 0.543 bits per heavy atom. The maximum absolute atomic E-state index is 11.7. The largest absolute Gasteiger partial charge is 0.494 e. The van der Waals surface area contributed by atoms with Crippen LogP contribution in [0.2, 0.25) is 0 Å². The van der Waals surface area contributed by atoms with E-state index < -0.39 is 0 Å². The first-order valence-electron chi connectivity index (χ1n) is 24.1. The molecule has 0 unspecified atom stereocenters. The molecule has 0 N–H and O–H groups in total. The molecule has 0 saturated heterocycles. The minimum Gasteiger partial charge on any atom is -0.494 e. The molecule has 10 nitrogen and oxygen atoms in total. The predicted octanol–water partition coefficient (Wildman–Crippen LogP) is 14.0. The molecule has 0 fully saturated rings. The van der Waals surface area contributed by atoms with Crippen molar-refractivity contribution in [1.29, 1.82) is 0 Å². The van der Waals surface area contributed by atoms with Crippen molar-refractivity contribution in [2.24, 2.45) is 5.41 Å². The summed E-state index contributed by atoms with van der Waals surface area (Å²) in [6, 6.07) is 66.5. The second-order valence-electron chi connectivity index (χ2n) is 18.8. The number of anilines is 6. The number of aryl methyl sites for hydroxylation is 1. The predicted molar refractivity (Wildman–Crippen MR) is 282 cm³/mol. The average molecular weight is 921 g/mol. The number of rotatable bonds is 17.